The number of ether oxygens (including phenoxy) is 1. The smallest absolute Gasteiger partial charge is 0.410 e. The van der Waals surface area contributed by atoms with Crippen LogP contribution < -0.4 is 0 Å². The van der Waals surface area contributed by atoms with E-state index in [-0.39, 0.29) is 23.3 Å². The maximum absolute atomic E-state index is 12.5. The molecule has 1 aliphatic heterocycles. The van der Waals surface area contributed by atoms with Crippen molar-refractivity contribution in [2.75, 3.05) is 0 Å². The number of rotatable bonds is 1. The summed E-state index contributed by atoms with van der Waals surface area (Å²) in [6.45, 7) is 8.02. The molecule has 1 saturated heterocycles. The fraction of sp³-hybridized carbons (Fsp3) is 0.867. The molecule has 2 spiro atoms. The van der Waals surface area contributed by atoms with Crippen molar-refractivity contribution in [3.63, 3.8) is 0 Å². The van der Waals surface area contributed by atoms with Crippen LogP contribution >= 0.6 is 0 Å². The summed E-state index contributed by atoms with van der Waals surface area (Å²) in [6, 6.07) is 0. The highest BCUT2D eigenvalue weighted by molar-refractivity contribution is 5.87. The van der Waals surface area contributed by atoms with Gasteiger partial charge in [-0.2, -0.15) is 0 Å². The van der Waals surface area contributed by atoms with Crippen molar-refractivity contribution in [3.05, 3.63) is 0 Å². The first kappa shape index (κ1) is 12.9. The van der Waals surface area contributed by atoms with Gasteiger partial charge in [0.1, 0.15) is 5.78 Å². The fourth-order valence-corrected chi connectivity index (χ4v) is 4.02. The van der Waals surface area contributed by atoms with Crippen molar-refractivity contribution in [3.8, 4) is 0 Å². The molecule has 0 aromatic carbocycles. The Kier molecular flexibility index (Phi) is 2.55. The molecule has 4 nitrogen and oxygen atoms in total. The largest absolute Gasteiger partial charge is 0.447 e. The summed E-state index contributed by atoms with van der Waals surface area (Å²) in [4.78, 5) is 26.6. The Bertz CT molecular complexity index is 419. The van der Waals surface area contributed by atoms with Gasteiger partial charge in [-0.15, -0.1) is 0 Å². The molecule has 106 valence electrons. The van der Waals surface area contributed by atoms with E-state index < -0.39 is 0 Å². The van der Waals surface area contributed by atoms with E-state index in [9.17, 15) is 9.59 Å². The lowest BCUT2D eigenvalue weighted by Crippen LogP contribution is -2.58. The first-order valence-corrected chi connectivity index (χ1v) is 7.34. The SMILES string of the molecule is CC(C)OC(=O)N1C2(CC(=O)C[C@]13C[C@H]3C)C[C@H]2C. The normalized spacial score (nSPS) is 44.1. The highest BCUT2D eigenvalue weighted by Crippen LogP contribution is 2.64. The summed E-state index contributed by atoms with van der Waals surface area (Å²) in [7, 11) is 0. The van der Waals surface area contributed by atoms with Crippen LogP contribution in [0.3, 0.4) is 0 Å². The number of Topliss-reactive ketones (excluding diaryl/α,β-unsaturated/α-hetero) is 1. The number of carbonyl (C=O) groups is 2. The molecule has 3 rings (SSSR count). The van der Waals surface area contributed by atoms with Crippen LogP contribution in [0.4, 0.5) is 4.79 Å². The third-order valence-corrected chi connectivity index (χ3v) is 5.25. The van der Waals surface area contributed by atoms with E-state index in [2.05, 4.69) is 13.8 Å². The highest BCUT2D eigenvalue weighted by Gasteiger charge is 2.72. The molecule has 4 atom stereocenters. The van der Waals surface area contributed by atoms with Gasteiger partial charge in [-0.1, -0.05) is 13.8 Å². The molecule has 1 amide bonds. The molecule has 0 aromatic rings. The van der Waals surface area contributed by atoms with Crippen LogP contribution in [-0.4, -0.2) is 34.0 Å². The second kappa shape index (κ2) is 3.74. The zero-order valence-corrected chi connectivity index (χ0v) is 12.2. The van der Waals surface area contributed by atoms with Crippen molar-refractivity contribution in [2.24, 2.45) is 11.8 Å². The quantitative estimate of drug-likeness (QED) is 0.732. The van der Waals surface area contributed by atoms with Crippen LogP contribution in [0.2, 0.25) is 0 Å². The Labute approximate surface area is 114 Å². The summed E-state index contributed by atoms with van der Waals surface area (Å²) in [5, 5.41) is 0. The standard InChI is InChI=1S/C15H23NO3/c1-9(2)19-13(18)16-14(5-10(14)3)7-12(17)8-15(16)6-11(15)4/h9-11H,5-8H2,1-4H3/t10-,11-,14+,15?/m1/s1. The molecule has 2 aliphatic carbocycles. The van der Waals surface area contributed by atoms with Gasteiger partial charge in [0, 0.05) is 12.8 Å². The predicted molar refractivity (Wildman–Crippen MR) is 70.7 cm³/mol. The van der Waals surface area contributed by atoms with Crippen LogP contribution in [0.15, 0.2) is 0 Å². The second-order valence-electron chi connectivity index (χ2n) is 7.08. The minimum atomic E-state index is -0.230. The van der Waals surface area contributed by atoms with E-state index >= 15 is 0 Å². The summed E-state index contributed by atoms with van der Waals surface area (Å²) in [6.07, 6.45) is 2.62. The lowest BCUT2D eigenvalue weighted by atomic mass is 9.88. The Hall–Kier alpha value is -1.06. The van der Waals surface area contributed by atoms with Gasteiger partial charge in [-0.25, -0.2) is 4.79 Å². The Morgan fingerprint density at radius 3 is 1.95 bits per heavy atom. The molecule has 3 fully saturated rings. The molecule has 19 heavy (non-hydrogen) atoms. The Morgan fingerprint density at radius 1 is 1.21 bits per heavy atom. The molecule has 0 aromatic heterocycles. The lowest BCUT2D eigenvalue weighted by molar-refractivity contribution is -0.127. The zero-order chi connectivity index (χ0) is 14.0. The number of amides is 1. The number of ketones is 1. The van der Waals surface area contributed by atoms with E-state index in [0.29, 0.717) is 30.5 Å². The zero-order valence-electron chi connectivity index (χ0n) is 12.2. The average Bonchev–Trinajstić information content (AvgIpc) is 3.04. The van der Waals surface area contributed by atoms with Gasteiger partial charge in [-0.05, 0) is 38.5 Å². The summed E-state index contributed by atoms with van der Waals surface area (Å²) in [5.74, 6) is 1.16. The fourth-order valence-electron chi connectivity index (χ4n) is 4.02. The first-order chi connectivity index (χ1) is 8.82. The van der Waals surface area contributed by atoms with Gasteiger partial charge in [0.2, 0.25) is 0 Å². The molecule has 3 aliphatic rings. The van der Waals surface area contributed by atoms with E-state index in [1.807, 2.05) is 18.7 Å². The van der Waals surface area contributed by atoms with Gasteiger partial charge in [-0.3, -0.25) is 9.69 Å². The molecular weight excluding hydrogens is 242 g/mol. The molecule has 0 bridgehead atoms. The topological polar surface area (TPSA) is 46.6 Å². The molecule has 1 heterocycles. The van der Waals surface area contributed by atoms with E-state index in [0.717, 1.165) is 12.8 Å². The first-order valence-electron chi connectivity index (χ1n) is 7.34. The third-order valence-electron chi connectivity index (χ3n) is 5.25. The van der Waals surface area contributed by atoms with Crippen LogP contribution in [0.5, 0.6) is 0 Å². The summed E-state index contributed by atoms with van der Waals surface area (Å²) in [5.41, 5.74) is -0.460. The number of piperidine rings is 1. The number of hydrogen-bond donors (Lipinski definition) is 0. The maximum Gasteiger partial charge on any atom is 0.410 e. The average molecular weight is 265 g/mol. The maximum atomic E-state index is 12.5. The summed E-state index contributed by atoms with van der Waals surface area (Å²) < 4.78 is 5.45. The number of carbonyl (C=O) groups excluding carboxylic acids is 2. The predicted octanol–water partition coefficient (Wildman–Crippen LogP) is 2.75. The number of likely N-dealkylation sites (tertiary alicyclic amines) is 1. The van der Waals surface area contributed by atoms with Gasteiger partial charge in [0.05, 0.1) is 17.2 Å². The van der Waals surface area contributed by atoms with Crippen LogP contribution in [-0.2, 0) is 9.53 Å². The van der Waals surface area contributed by atoms with E-state index in [4.69, 9.17) is 4.74 Å². The second-order valence-corrected chi connectivity index (χ2v) is 7.08. The number of hydrogen-bond acceptors (Lipinski definition) is 3. The van der Waals surface area contributed by atoms with Crippen LogP contribution in [0.25, 0.3) is 0 Å². The molecule has 0 N–H and O–H groups in total. The van der Waals surface area contributed by atoms with Gasteiger partial charge < -0.3 is 4.74 Å². The van der Waals surface area contributed by atoms with Gasteiger partial charge in [0.15, 0.2) is 0 Å². The highest BCUT2D eigenvalue weighted by atomic mass is 16.6. The van der Waals surface area contributed by atoms with Crippen molar-refractivity contribution >= 4 is 11.9 Å². The molecule has 0 radical (unpaired) electrons. The van der Waals surface area contributed by atoms with E-state index in [1.54, 1.807) is 0 Å². The van der Waals surface area contributed by atoms with Crippen LogP contribution in [0, 0.1) is 11.8 Å². The van der Waals surface area contributed by atoms with Gasteiger partial charge in [0.25, 0.3) is 0 Å². The minimum Gasteiger partial charge on any atom is -0.447 e. The summed E-state index contributed by atoms with van der Waals surface area (Å²) >= 11 is 0. The van der Waals surface area contributed by atoms with Crippen molar-refractivity contribution in [1.82, 2.24) is 4.90 Å². The Morgan fingerprint density at radius 2 is 1.63 bits per heavy atom. The molecular formula is C15H23NO3. The Balaban J connectivity index is 1.92. The molecule has 4 heteroatoms. The van der Waals surface area contributed by atoms with Crippen molar-refractivity contribution < 1.29 is 14.3 Å². The minimum absolute atomic E-state index is 0.109. The van der Waals surface area contributed by atoms with E-state index in [1.165, 1.54) is 0 Å². The van der Waals surface area contributed by atoms with Crippen molar-refractivity contribution in [2.45, 2.75) is 70.6 Å². The monoisotopic (exact) mass is 265 g/mol. The molecule has 1 unspecified atom stereocenters. The third kappa shape index (κ3) is 1.72. The molecule has 2 saturated carbocycles. The van der Waals surface area contributed by atoms with Crippen molar-refractivity contribution in [1.29, 1.82) is 0 Å². The van der Waals surface area contributed by atoms with Gasteiger partial charge >= 0.3 is 6.09 Å². The number of nitrogens with zero attached hydrogens (tertiary/aromatic N) is 1. The van der Waals surface area contributed by atoms with Crippen LogP contribution in [0.1, 0.15) is 53.4 Å². The lowest BCUT2D eigenvalue weighted by Gasteiger charge is -2.43.